The van der Waals surface area contributed by atoms with Crippen molar-refractivity contribution < 1.29 is 14.9 Å². The first-order chi connectivity index (χ1) is 11.8. The van der Waals surface area contributed by atoms with Crippen LogP contribution in [0.3, 0.4) is 0 Å². The molecule has 5 nitrogen and oxygen atoms in total. The Kier molecular flexibility index (Phi) is 7.52. The lowest BCUT2D eigenvalue weighted by Crippen LogP contribution is -2.46. The van der Waals surface area contributed by atoms with Gasteiger partial charge in [0.2, 0.25) is 0 Å². The molecular formula is C19H25ClN2O3. The Hall–Kier alpha value is -1.79. The van der Waals surface area contributed by atoms with Gasteiger partial charge in [-0.05, 0) is 17.7 Å². The highest BCUT2D eigenvalue weighted by Gasteiger charge is 2.24. The van der Waals surface area contributed by atoms with Crippen LogP contribution in [0.1, 0.15) is 17.2 Å². The fraction of sp³-hybridized carbons (Fsp3) is 0.368. The number of aliphatic hydroxyl groups is 1. The van der Waals surface area contributed by atoms with Gasteiger partial charge in [-0.1, -0.05) is 30.3 Å². The fourth-order valence-corrected chi connectivity index (χ4v) is 3.04. The molecule has 2 aromatic rings. The van der Waals surface area contributed by atoms with Crippen molar-refractivity contribution in [1.82, 2.24) is 10.2 Å². The van der Waals surface area contributed by atoms with Crippen LogP contribution in [0.15, 0.2) is 48.5 Å². The first-order valence-corrected chi connectivity index (χ1v) is 8.33. The smallest absolute Gasteiger partial charge is 0.124 e. The highest BCUT2D eigenvalue weighted by molar-refractivity contribution is 5.85. The number of hydrogen-bond donors (Lipinski definition) is 3. The Balaban J connectivity index is 0.00000225. The molecular weight excluding hydrogens is 340 g/mol. The highest BCUT2D eigenvalue weighted by atomic mass is 35.5. The van der Waals surface area contributed by atoms with E-state index in [2.05, 4.69) is 10.2 Å². The Morgan fingerprint density at radius 3 is 2.44 bits per heavy atom. The summed E-state index contributed by atoms with van der Waals surface area (Å²) in [6, 6.07) is 15.0. The first kappa shape index (κ1) is 19.5. The largest absolute Gasteiger partial charge is 0.507 e. The summed E-state index contributed by atoms with van der Waals surface area (Å²) in [6.07, 6.45) is 0. The normalized spacial score (nSPS) is 16.0. The Morgan fingerprint density at radius 2 is 1.80 bits per heavy atom. The van der Waals surface area contributed by atoms with Gasteiger partial charge in [0.1, 0.15) is 18.1 Å². The van der Waals surface area contributed by atoms with E-state index in [1.807, 2.05) is 42.5 Å². The number of hydrogen-bond acceptors (Lipinski definition) is 5. The summed E-state index contributed by atoms with van der Waals surface area (Å²) in [4.78, 5) is 2.19. The van der Waals surface area contributed by atoms with Gasteiger partial charge in [-0.15, -0.1) is 12.4 Å². The zero-order chi connectivity index (χ0) is 16.8. The molecule has 0 unspecified atom stereocenters. The minimum Gasteiger partial charge on any atom is -0.507 e. The van der Waals surface area contributed by atoms with Crippen LogP contribution in [0.2, 0.25) is 0 Å². The van der Waals surface area contributed by atoms with Gasteiger partial charge in [0.25, 0.3) is 0 Å². The average molecular weight is 365 g/mol. The van der Waals surface area contributed by atoms with Crippen molar-refractivity contribution in [3.8, 4) is 11.5 Å². The fourth-order valence-electron chi connectivity index (χ4n) is 3.04. The second-order valence-electron chi connectivity index (χ2n) is 5.98. The van der Waals surface area contributed by atoms with Gasteiger partial charge in [-0.25, -0.2) is 0 Å². The van der Waals surface area contributed by atoms with Crippen molar-refractivity contribution in [2.24, 2.45) is 0 Å². The summed E-state index contributed by atoms with van der Waals surface area (Å²) in [5, 5.41) is 23.5. The molecule has 0 spiro atoms. The molecule has 0 bridgehead atoms. The number of rotatable bonds is 6. The zero-order valence-corrected chi connectivity index (χ0v) is 14.9. The summed E-state index contributed by atoms with van der Waals surface area (Å²) in [5.74, 6) is 0.787. The molecule has 1 heterocycles. The minimum atomic E-state index is -0.185. The quantitative estimate of drug-likeness (QED) is 0.734. The summed E-state index contributed by atoms with van der Waals surface area (Å²) >= 11 is 0. The van der Waals surface area contributed by atoms with Crippen molar-refractivity contribution in [1.29, 1.82) is 0 Å². The van der Waals surface area contributed by atoms with Crippen LogP contribution in [-0.4, -0.2) is 47.9 Å². The molecule has 0 amide bonds. The van der Waals surface area contributed by atoms with Crippen LogP contribution in [0.4, 0.5) is 0 Å². The SMILES string of the molecule is Cl.OC[C@@H](c1ccc(OCc2ccccc2)cc1O)N1CCNCC1. The number of piperazine rings is 1. The summed E-state index contributed by atoms with van der Waals surface area (Å²) in [7, 11) is 0. The summed E-state index contributed by atoms with van der Waals surface area (Å²) in [6.45, 7) is 3.96. The van der Waals surface area contributed by atoms with Gasteiger partial charge in [-0.3, -0.25) is 4.90 Å². The van der Waals surface area contributed by atoms with Crippen LogP contribution >= 0.6 is 12.4 Å². The Morgan fingerprint density at radius 1 is 1.08 bits per heavy atom. The molecule has 1 aliphatic heterocycles. The van der Waals surface area contributed by atoms with Gasteiger partial charge in [0.05, 0.1) is 12.6 Å². The van der Waals surface area contributed by atoms with Gasteiger partial charge >= 0.3 is 0 Å². The average Bonchev–Trinajstić information content (AvgIpc) is 2.64. The maximum absolute atomic E-state index is 10.4. The molecule has 1 aliphatic rings. The molecule has 25 heavy (non-hydrogen) atoms. The van der Waals surface area contributed by atoms with E-state index in [0.717, 1.165) is 37.3 Å². The zero-order valence-electron chi connectivity index (χ0n) is 14.1. The predicted octanol–water partition coefficient (Wildman–Crippen LogP) is 2.33. The van der Waals surface area contributed by atoms with Crippen LogP contribution in [0, 0.1) is 0 Å². The van der Waals surface area contributed by atoms with Gasteiger partial charge in [0.15, 0.2) is 0 Å². The third-order valence-corrected chi connectivity index (χ3v) is 4.37. The minimum absolute atomic E-state index is 0. The molecule has 1 fully saturated rings. The van der Waals surface area contributed by atoms with Crippen molar-refractivity contribution in [2.45, 2.75) is 12.6 Å². The maximum Gasteiger partial charge on any atom is 0.124 e. The second kappa shape index (κ2) is 9.63. The van der Waals surface area contributed by atoms with E-state index in [1.54, 1.807) is 6.07 Å². The number of phenols is 1. The molecule has 136 valence electrons. The predicted molar refractivity (Wildman–Crippen MR) is 100 cm³/mol. The molecule has 2 aromatic carbocycles. The molecule has 6 heteroatoms. The van der Waals surface area contributed by atoms with E-state index in [1.165, 1.54) is 0 Å². The van der Waals surface area contributed by atoms with E-state index >= 15 is 0 Å². The number of aliphatic hydroxyl groups excluding tert-OH is 1. The number of ether oxygens (including phenoxy) is 1. The number of aromatic hydroxyl groups is 1. The topological polar surface area (TPSA) is 65.0 Å². The number of nitrogens with one attached hydrogen (secondary N) is 1. The van der Waals surface area contributed by atoms with Gasteiger partial charge in [0, 0.05) is 37.8 Å². The number of halogens is 1. The Bertz CT molecular complexity index is 648. The first-order valence-electron chi connectivity index (χ1n) is 8.33. The van der Waals surface area contributed by atoms with Crippen LogP contribution in [0.25, 0.3) is 0 Å². The van der Waals surface area contributed by atoms with Crippen molar-refractivity contribution in [3.05, 3.63) is 59.7 Å². The van der Waals surface area contributed by atoms with Crippen LogP contribution in [0.5, 0.6) is 11.5 Å². The Labute approximate surface area is 154 Å². The molecule has 0 radical (unpaired) electrons. The monoisotopic (exact) mass is 364 g/mol. The van der Waals surface area contributed by atoms with E-state index in [9.17, 15) is 10.2 Å². The molecule has 3 N–H and O–H groups in total. The standard InChI is InChI=1S/C19H24N2O3.ClH/c22-13-18(21-10-8-20-9-11-21)17-7-6-16(12-19(17)23)24-14-15-4-2-1-3-5-15;/h1-7,12,18,20,22-23H,8-11,13-14H2;1H/t18-;/m0./s1. The number of nitrogens with zero attached hydrogens (tertiary/aromatic N) is 1. The lowest BCUT2D eigenvalue weighted by Gasteiger charge is -2.34. The van der Waals surface area contributed by atoms with Gasteiger partial charge in [-0.2, -0.15) is 0 Å². The molecule has 1 saturated heterocycles. The number of phenolic OH excluding ortho intramolecular Hbond substituents is 1. The lowest BCUT2D eigenvalue weighted by molar-refractivity contribution is 0.109. The molecule has 1 atom stereocenters. The summed E-state index contributed by atoms with van der Waals surface area (Å²) < 4.78 is 5.74. The molecule has 0 aromatic heterocycles. The maximum atomic E-state index is 10.4. The third kappa shape index (κ3) is 5.09. The lowest BCUT2D eigenvalue weighted by atomic mass is 10.0. The van der Waals surface area contributed by atoms with E-state index in [-0.39, 0.29) is 30.8 Å². The van der Waals surface area contributed by atoms with E-state index < -0.39 is 0 Å². The molecule has 3 rings (SSSR count). The van der Waals surface area contributed by atoms with Crippen molar-refractivity contribution in [3.63, 3.8) is 0 Å². The molecule has 0 aliphatic carbocycles. The van der Waals surface area contributed by atoms with Crippen LogP contribution < -0.4 is 10.1 Å². The van der Waals surface area contributed by atoms with E-state index in [4.69, 9.17) is 4.74 Å². The van der Waals surface area contributed by atoms with E-state index in [0.29, 0.717) is 12.4 Å². The third-order valence-electron chi connectivity index (χ3n) is 4.37. The summed E-state index contributed by atoms with van der Waals surface area (Å²) in [5.41, 5.74) is 1.82. The number of benzene rings is 2. The van der Waals surface area contributed by atoms with Crippen molar-refractivity contribution >= 4 is 12.4 Å². The van der Waals surface area contributed by atoms with Crippen LogP contribution in [-0.2, 0) is 6.61 Å². The molecule has 0 saturated carbocycles. The van der Waals surface area contributed by atoms with Crippen molar-refractivity contribution in [2.75, 3.05) is 32.8 Å². The second-order valence-corrected chi connectivity index (χ2v) is 5.98. The highest BCUT2D eigenvalue weighted by Crippen LogP contribution is 2.32. The van der Waals surface area contributed by atoms with Gasteiger partial charge < -0.3 is 20.3 Å².